The highest BCUT2D eigenvalue weighted by Crippen LogP contribution is 2.32. The van der Waals surface area contributed by atoms with Crippen molar-refractivity contribution in [3.63, 3.8) is 0 Å². The molecular formula is C12H19N3O3. The lowest BCUT2D eigenvalue weighted by Crippen LogP contribution is -2.39. The lowest BCUT2D eigenvalue weighted by Gasteiger charge is -2.34. The van der Waals surface area contributed by atoms with E-state index in [-0.39, 0.29) is 5.56 Å². The summed E-state index contributed by atoms with van der Waals surface area (Å²) >= 11 is 0. The van der Waals surface area contributed by atoms with E-state index >= 15 is 0 Å². The molecule has 6 heteroatoms. The lowest BCUT2D eigenvalue weighted by molar-refractivity contribution is -0.100. The Morgan fingerprint density at radius 3 is 2.89 bits per heavy atom. The number of ether oxygens (including phenoxy) is 2. The second-order valence-corrected chi connectivity index (χ2v) is 4.43. The summed E-state index contributed by atoms with van der Waals surface area (Å²) in [6.45, 7) is 1.80. The molecule has 1 aromatic rings. The summed E-state index contributed by atoms with van der Waals surface area (Å²) in [5.41, 5.74) is 0.0496. The number of aromatic nitrogens is 2. The van der Waals surface area contributed by atoms with Gasteiger partial charge in [0.05, 0.1) is 5.69 Å². The Kier molecular flexibility index (Phi) is 4.11. The van der Waals surface area contributed by atoms with Crippen LogP contribution in [0.2, 0.25) is 0 Å². The number of H-pyrrole nitrogens is 1. The summed E-state index contributed by atoms with van der Waals surface area (Å²) in [7, 11) is 3.47. The van der Waals surface area contributed by atoms with Gasteiger partial charge in [-0.15, -0.1) is 0 Å². The normalized spacial score (nSPS) is 18.8. The quantitative estimate of drug-likeness (QED) is 0.798. The number of methoxy groups -OCH3 is 1. The number of hydrogen-bond donors (Lipinski definition) is 2. The van der Waals surface area contributed by atoms with Gasteiger partial charge in [0.1, 0.15) is 11.4 Å². The van der Waals surface area contributed by atoms with E-state index in [1.807, 2.05) is 7.05 Å². The molecule has 1 fully saturated rings. The van der Waals surface area contributed by atoms with E-state index in [1.54, 1.807) is 7.11 Å². The minimum Gasteiger partial charge on any atom is -0.381 e. The molecule has 2 rings (SSSR count). The molecule has 0 aliphatic carbocycles. The van der Waals surface area contributed by atoms with Crippen LogP contribution in [0.15, 0.2) is 10.9 Å². The highest BCUT2D eigenvalue weighted by molar-refractivity contribution is 5.10. The lowest BCUT2D eigenvalue weighted by atomic mass is 9.93. The largest absolute Gasteiger partial charge is 0.381 e. The van der Waals surface area contributed by atoms with E-state index in [0.29, 0.717) is 38.4 Å². The second kappa shape index (κ2) is 5.60. The molecular weight excluding hydrogens is 234 g/mol. The molecule has 100 valence electrons. The minimum atomic E-state index is -0.527. The van der Waals surface area contributed by atoms with E-state index in [4.69, 9.17) is 9.47 Å². The predicted molar refractivity (Wildman–Crippen MR) is 66.4 cm³/mol. The van der Waals surface area contributed by atoms with Gasteiger partial charge in [0.2, 0.25) is 0 Å². The zero-order valence-electron chi connectivity index (χ0n) is 10.8. The van der Waals surface area contributed by atoms with Crippen molar-refractivity contribution in [2.45, 2.75) is 25.0 Å². The van der Waals surface area contributed by atoms with Gasteiger partial charge >= 0.3 is 0 Å². The van der Waals surface area contributed by atoms with Gasteiger partial charge < -0.3 is 19.8 Å². The van der Waals surface area contributed by atoms with Gasteiger partial charge in [-0.2, -0.15) is 0 Å². The molecule has 0 atom stereocenters. The van der Waals surface area contributed by atoms with Crippen LogP contribution in [0.25, 0.3) is 0 Å². The molecule has 1 saturated heterocycles. The van der Waals surface area contributed by atoms with Crippen LogP contribution in [0.3, 0.4) is 0 Å². The number of rotatable bonds is 4. The summed E-state index contributed by atoms with van der Waals surface area (Å²) in [6.07, 6.45) is 1.41. The van der Waals surface area contributed by atoms with Crippen LogP contribution in [0.1, 0.15) is 24.4 Å². The van der Waals surface area contributed by atoms with E-state index in [9.17, 15) is 4.79 Å². The standard InChI is InChI=1S/C12H19N3O3/c1-13-8-9-7-10(16)15-11(14-9)12(17-2)3-5-18-6-4-12/h7,13H,3-6,8H2,1-2H3,(H,14,15,16). The highest BCUT2D eigenvalue weighted by Gasteiger charge is 2.37. The van der Waals surface area contributed by atoms with E-state index in [1.165, 1.54) is 6.07 Å². The summed E-state index contributed by atoms with van der Waals surface area (Å²) in [6, 6.07) is 1.50. The average Bonchev–Trinajstić information content (AvgIpc) is 2.39. The van der Waals surface area contributed by atoms with E-state index in [0.717, 1.165) is 5.69 Å². The molecule has 0 radical (unpaired) electrons. The van der Waals surface area contributed by atoms with Crippen LogP contribution in [-0.4, -0.2) is 37.3 Å². The first-order chi connectivity index (χ1) is 8.70. The fraction of sp³-hybridized carbons (Fsp3) is 0.667. The number of nitrogens with one attached hydrogen (secondary N) is 2. The van der Waals surface area contributed by atoms with Crippen LogP contribution in [-0.2, 0) is 21.6 Å². The summed E-state index contributed by atoms with van der Waals surface area (Å²) in [5.74, 6) is 0.603. The Morgan fingerprint density at radius 1 is 1.56 bits per heavy atom. The molecule has 0 unspecified atom stereocenters. The smallest absolute Gasteiger partial charge is 0.251 e. The maximum atomic E-state index is 11.7. The molecule has 0 amide bonds. The van der Waals surface area contributed by atoms with Gasteiger partial charge in [0.15, 0.2) is 0 Å². The van der Waals surface area contributed by atoms with Gasteiger partial charge in [-0.3, -0.25) is 4.79 Å². The first kappa shape index (κ1) is 13.2. The van der Waals surface area contributed by atoms with E-state index in [2.05, 4.69) is 15.3 Å². The third kappa shape index (κ3) is 2.60. The highest BCUT2D eigenvalue weighted by atomic mass is 16.5. The van der Waals surface area contributed by atoms with Crippen molar-refractivity contribution in [1.29, 1.82) is 0 Å². The fourth-order valence-corrected chi connectivity index (χ4v) is 2.23. The van der Waals surface area contributed by atoms with Gasteiger partial charge in [-0.25, -0.2) is 4.98 Å². The van der Waals surface area contributed by atoms with Crippen LogP contribution in [0.4, 0.5) is 0 Å². The van der Waals surface area contributed by atoms with Crippen LogP contribution in [0.5, 0.6) is 0 Å². The van der Waals surface area contributed by atoms with Crippen LogP contribution < -0.4 is 10.9 Å². The molecule has 18 heavy (non-hydrogen) atoms. The topological polar surface area (TPSA) is 76.2 Å². The number of aromatic amines is 1. The zero-order chi connectivity index (χ0) is 13.0. The average molecular weight is 253 g/mol. The Morgan fingerprint density at radius 2 is 2.28 bits per heavy atom. The Hall–Kier alpha value is -1.24. The Bertz CT molecular complexity index is 452. The van der Waals surface area contributed by atoms with Crippen molar-refractivity contribution in [1.82, 2.24) is 15.3 Å². The molecule has 1 aromatic heterocycles. The van der Waals surface area contributed by atoms with Gasteiger partial charge in [-0.1, -0.05) is 0 Å². The van der Waals surface area contributed by atoms with E-state index < -0.39 is 5.60 Å². The molecule has 0 spiro atoms. The number of hydrogen-bond acceptors (Lipinski definition) is 5. The molecule has 0 bridgehead atoms. The molecule has 2 N–H and O–H groups in total. The summed E-state index contributed by atoms with van der Waals surface area (Å²) in [5, 5.41) is 2.99. The first-order valence-corrected chi connectivity index (χ1v) is 6.08. The minimum absolute atomic E-state index is 0.145. The van der Waals surface area contributed by atoms with Crippen LogP contribution >= 0.6 is 0 Å². The first-order valence-electron chi connectivity index (χ1n) is 6.08. The molecule has 6 nitrogen and oxygen atoms in total. The number of nitrogens with zero attached hydrogens (tertiary/aromatic N) is 1. The molecule has 0 aromatic carbocycles. The SMILES string of the molecule is CNCc1cc(=O)[nH]c(C2(OC)CCOCC2)n1. The van der Waals surface area contributed by atoms with Gasteiger partial charge in [0, 0.05) is 45.8 Å². The molecule has 0 saturated carbocycles. The molecule has 1 aliphatic rings. The predicted octanol–water partition coefficient (Wildman–Crippen LogP) is 0.141. The molecule has 1 aliphatic heterocycles. The molecule has 2 heterocycles. The van der Waals surface area contributed by atoms with Crippen molar-refractivity contribution < 1.29 is 9.47 Å². The monoisotopic (exact) mass is 253 g/mol. The summed E-state index contributed by atoms with van der Waals surface area (Å²) in [4.78, 5) is 19.0. The van der Waals surface area contributed by atoms with Crippen molar-refractivity contribution >= 4 is 0 Å². The Balaban J connectivity index is 2.38. The van der Waals surface area contributed by atoms with Crippen molar-refractivity contribution in [2.24, 2.45) is 0 Å². The maximum Gasteiger partial charge on any atom is 0.251 e. The van der Waals surface area contributed by atoms with Crippen molar-refractivity contribution in [3.8, 4) is 0 Å². The second-order valence-electron chi connectivity index (χ2n) is 4.43. The maximum absolute atomic E-state index is 11.7. The Labute approximate surface area is 106 Å². The van der Waals surface area contributed by atoms with Crippen molar-refractivity contribution in [3.05, 3.63) is 27.9 Å². The van der Waals surface area contributed by atoms with Gasteiger partial charge in [0.25, 0.3) is 5.56 Å². The third-order valence-electron chi connectivity index (χ3n) is 3.28. The summed E-state index contributed by atoms with van der Waals surface area (Å²) < 4.78 is 11.0. The third-order valence-corrected chi connectivity index (χ3v) is 3.28. The van der Waals surface area contributed by atoms with Crippen molar-refractivity contribution in [2.75, 3.05) is 27.4 Å². The van der Waals surface area contributed by atoms with Crippen LogP contribution in [0, 0.1) is 0 Å². The fourth-order valence-electron chi connectivity index (χ4n) is 2.23. The van der Waals surface area contributed by atoms with Gasteiger partial charge in [-0.05, 0) is 7.05 Å². The zero-order valence-corrected chi connectivity index (χ0v) is 10.8.